The minimum absolute atomic E-state index is 0.0783. The first kappa shape index (κ1) is 11.9. The summed E-state index contributed by atoms with van der Waals surface area (Å²) in [7, 11) is 2.00. The summed E-state index contributed by atoms with van der Waals surface area (Å²) in [5.74, 6) is 0.431. The van der Waals surface area contributed by atoms with Crippen molar-refractivity contribution in [1.82, 2.24) is 5.32 Å². The fourth-order valence-electron chi connectivity index (χ4n) is 1.74. The van der Waals surface area contributed by atoms with Crippen LogP contribution < -0.4 is 5.32 Å². The lowest BCUT2D eigenvalue weighted by Crippen LogP contribution is -2.21. The summed E-state index contributed by atoms with van der Waals surface area (Å²) in [5, 5.41) is 3.91. The standard InChI is InChI=1S/C10H19NO2S/c1-3-13-10(12)7-14-9-5-4-8(6-9)11-2/h8-9,11H,3-7H2,1-2H3. The highest BCUT2D eigenvalue weighted by molar-refractivity contribution is 8.00. The number of nitrogens with one attached hydrogen (secondary N) is 1. The lowest BCUT2D eigenvalue weighted by molar-refractivity contribution is -0.139. The second-order valence-electron chi connectivity index (χ2n) is 3.54. The molecule has 1 aliphatic carbocycles. The second-order valence-corrected chi connectivity index (χ2v) is 4.83. The van der Waals surface area contributed by atoms with Crippen LogP contribution in [0.1, 0.15) is 26.2 Å². The van der Waals surface area contributed by atoms with Crippen molar-refractivity contribution in [2.24, 2.45) is 0 Å². The normalized spacial score (nSPS) is 26.4. The molecule has 1 saturated carbocycles. The maximum absolute atomic E-state index is 11.1. The predicted molar refractivity (Wildman–Crippen MR) is 59.6 cm³/mol. The molecule has 0 aromatic rings. The smallest absolute Gasteiger partial charge is 0.315 e. The van der Waals surface area contributed by atoms with Crippen molar-refractivity contribution in [2.45, 2.75) is 37.5 Å². The van der Waals surface area contributed by atoms with Crippen LogP contribution in [-0.4, -0.2) is 36.7 Å². The van der Waals surface area contributed by atoms with Crippen LogP contribution in [0.2, 0.25) is 0 Å². The highest BCUT2D eigenvalue weighted by Gasteiger charge is 2.24. The van der Waals surface area contributed by atoms with Crippen LogP contribution in [0.5, 0.6) is 0 Å². The molecule has 0 aromatic heterocycles. The van der Waals surface area contributed by atoms with Gasteiger partial charge in [0.15, 0.2) is 0 Å². The van der Waals surface area contributed by atoms with Crippen molar-refractivity contribution in [3.63, 3.8) is 0 Å². The Kier molecular flexibility index (Phi) is 5.33. The highest BCUT2D eigenvalue weighted by Crippen LogP contribution is 2.29. The molecule has 1 N–H and O–H groups in total. The molecule has 0 amide bonds. The SMILES string of the molecule is CCOC(=O)CSC1CCC(NC)C1. The van der Waals surface area contributed by atoms with Gasteiger partial charge in [-0.15, -0.1) is 11.8 Å². The van der Waals surface area contributed by atoms with E-state index in [9.17, 15) is 4.79 Å². The lowest BCUT2D eigenvalue weighted by Gasteiger charge is -2.09. The quantitative estimate of drug-likeness (QED) is 0.707. The van der Waals surface area contributed by atoms with Crippen molar-refractivity contribution in [3.05, 3.63) is 0 Å². The molecule has 0 aliphatic heterocycles. The van der Waals surface area contributed by atoms with E-state index in [2.05, 4.69) is 5.32 Å². The summed E-state index contributed by atoms with van der Waals surface area (Å²) in [6.07, 6.45) is 3.63. The summed E-state index contributed by atoms with van der Waals surface area (Å²) < 4.78 is 4.88. The van der Waals surface area contributed by atoms with Crippen molar-refractivity contribution < 1.29 is 9.53 Å². The molecular formula is C10H19NO2S. The van der Waals surface area contributed by atoms with Gasteiger partial charge in [0, 0.05) is 11.3 Å². The molecule has 1 fully saturated rings. The first-order valence-electron chi connectivity index (χ1n) is 5.20. The van der Waals surface area contributed by atoms with E-state index in [-0.39, 0.29) is 5.97 Å². The molecule has 2 atom stereocenters. The molecule has 14 heavy (non-hydrogen) atoms. The van der Waals surface area contributed by atoms with E-state index in [1.807, 2.05) is 14.0 Å². The van der Waals surface area contributed by atoms with Gasteiger partial charge in [0.05, 0.1) is 12.4 Å². The summed E-state index contributed by atoms with van der Waals surface area (Å²) in [6.45, 7) is 2.33. The van der Waals surface area contributed by atoms with Crippen LogP contribution in [0.3, 0.4) is 0 Å². The Morgan fingerprint density at radius 2 is 2.36 bits per heavy atom. The summed E-state index contributed by atoms with van der Waals surface area (Å²) in [4.78, 5) is 11.1. The molecule has 0 heterocycles. The summed E-state index contributed by atoms with van der Waals surface area (Å²) >= 11 is 1.74. The van der Waals surface area contributed by atoms with Crippen LogP contribution in [-0.2, 0) is 9.53 Å². The lowest BCUT2D eigenvalue weighted by atomic mass is 10.3. The average Bonchev–Trinajstić information content (AvgIpc) is 2.63. The molecule has 1 rings (SSSR count). The van der Waals surface area contributed by atoms with E-state index in [0.717, 1.165) is 0 Å². The molecule has 2 unspecified atom stereocenters. The fraction of sp³-hybridized carbons (Fsp3) is 0.900. The zero-order chi connectivity index (χ0) is 10.4. The van der Waals surface area contributed by atoms with E-state index in [1.165, 1.54) is 19.3 Å². The third kappa shape index (κ3) is 3.88. The molecule has 0 spiro atoms. The number of carbonyl (C=O) groups excluding carboxylic acids is 1. The van der Waals surface area contributed by atoms with Gasteiger partial charge in [-0.2, -0.15) is 0 Å². The molecule has 0 saturated heterocycles. The Balaban J connectivity index is 2.11. The minimum Gasteiger partial charge on any atom is -0.465 e. The number of carbonyl (C=O) groups is 1. The fourth-order valence-corrected chi connectivity index (χ4v) is 2.87. The van der Waals surface area contributed by atoms with Gasteiger partial charge in [0.25, 0.3) is 0 Å². The Labute approximate surface area is 90.0 Å². The van der Waals surface area contributed by atoms with Crippen LogP contribution in [0, 0.1) is 0 Å². The highest BCUT2D eigenvalue weighted by atomic mass is 32.2. The maximum Gasteiger partial charge on any atom is 0.315 e. The Bertz CT molecular complexity index is 187. The second kappa shape index (κ2) is 6.30. The number of hydrogen-bond donors (Lipinski definition) is 1. The van der Waals surface area contributed by atoms with Gasteiger partial charge >= 0.3 is 5.97 Å². The number of ether oxygens (including phenoxy) is 1. The van der Waals surface area contributed by atoms with E-state index < -0.39 is 0 Å². The van der Waals surface area contributed by atoms with Gasteiger partial charge in [-0.3, -0.25) is 4.79 Å². The number of esters is 1. The Morgan fingerprint density at radius 1 is 1.57 bits per heavy atom. The summed E-state index contributed by atoms with van der Waals surface area (Å²) in [6, 6.07) is 0.648. The molecule has 0 bridgehead atoms. The van der Waals surface area contributed by atoms with Crippen LogP contribution in [0.15, 0.2) is 0 Å². The van der Waals surface area contributed by atoms with E-state index in [1.54, 1.807) is 11.8 Å². The molecule has 4 heteroatoms. The number of rotatable bonds is 5. The third-order valence-electron chi connectivity index (χ3n) is 2.53. The van der Waals surface area contributed by atoms with Crippen molar-refractivity contribution in [3.8, 4) is 0 Å². The largest absolute Gasteiger partial charge is 0.465 e. The van der Waals surface area contributed by atoms with Gasteiger partial charge in [0.1, 0.15) is 0 Å². The molecule has 3 nitrogen and oxygen atoms in total. The van der Waals surface area contributed by atoms with Gasteiger partial charge in [0.2, 0.25) is 0 Å². The predicted octanol–water partition coefficient (Wildman–Crippen LogP) is 1.42. The zero-order valence-corrected chi connectivity index (χ0v) is 9.73. The van der Waals surface area contributed by atoms with Crippen molar-refractivity contribution >= 4 is 17.7 Å². The van der Waals surface area contributed by atoms with Crippen molar-refractivity contribution in [2.75, 3.05) is 19.4 Å². The van der Waals surface area contributed by atoms with E-state index in [0.29, 0.717) is 23.7 Å². The average molecular weight is 217 g/mol. The molecule has 0 radical (unpaired) electrons. The van der Waals surface area contributed by atoms with Gasteiger partial charge in [-0.1, -0.05) is 0 Å². The molecular weight excluding hydrogens is 198 g/mol. The molecule has 82 valence electrons. The van der Waals surface area contributed by atoms with Crippen LogP contribution in [0.4, 0.5) is 0 Å². The zero-order valence-electron chi connectivity index (χ0n) is 8.91. The van der Waals surface area contributed by atoms with Crippen LogP contribution >= 0.6 is 11.8 Å². The molecule has 0 aromatic carbocycles. The minimum atomic E-state index is -0.0783. The Morgan fingerprint density at radius 3 is 2.93 bits per heavy atom. The molecule has 1 aliphatic rings. The van der Waals surface area contributed by atoms with Gasteiger partial charge in [-0.05, 0) is 33.2 Å². The summed E-state index contributed by atoms with van der Waals surface area (Å²) in [5.41, 5.74) is 0. The van der Waals surface area contributed by atoms with Gasteiger partial charge in [-0.25, -0.2) is 0 Å². The van der Waals surface area contributed by atoms with Crippen molar-refractivity contribution in [1.29, 1.82) is 0 Å². The third-order valence-corrected chi connectivity index (χ3v) is 3.84. The van der Waals surface area contributed by atoms with Crippen LogP contribution in [0.25, 0.3) is 0 Å². The van der Waals surface area contributed by atoms with Gasteiger partial charge < -0.3 is 10.1 Å². The first-order chi connectivity index (χ1) is 6.76. The van der Waals surface area contributed by atoms with E-state index in [4.69, 9.17) is 4.74 Å². The number of hydrogen-bond acceptors (Lipinski definition) is 4. The van der Waals surface area contributed by atoms with E-state index >= 15 is 0 Å². The first-order valence-corrected chi connectivity index (χ1v) is 6.25. The monoisotopic (exact) mass is 217 g/mol. The maximum atomic E-state index is 11.1. The Hall–Kier alpha value is -0.220. The number of thioether (sulfide) groups is 1. The topological polar surface area (TPSA) is 38.3 Å².